The second-order valence-electron chi connectivity index (χ2n) is 3.73. The number of halogens is 1. The first-order chi connectivity index (χ1) is 6.77. The number of carbonyl (C=O) groups excluding carboxylic acids is 1. The summed E-state index contributed by atoms with van der Waals surface area (Å²) in [7, 11) is 0. The van der Waals surface area contributed by atoms with Crippen LogP contribution in [0.15, 0.2) is 0 Å². The number of rotatable bonds is 1. The fourth-order valence-corrected chi connectivity index (χ4v) is 1.88. The van der Waals surface area contributed by atoms with E-state index in [4.69, 9.17) is 4.74 Å². The molecule has 1 N–H and O–H groups in total. The normalized spacial score (nSPS) is 33.4. The molecular weight excluding hydrogens is 187 g/mol. The summed E-state index contributed by atoms with van der Waals surface area (Å²) in [6.45, 7) is 2.76. The smallest absolute Gasteiger partial charge is 0.239 e. The van der Waals surface area contributed by atoms with E-state index in [1.54, 1.807) is 4.90 Å². The average molecular weight is 202 g/mol. The molecule has 0 aromatic heterocycles. The van der Waals surface area contributed by atoms with Crippen LogP contribution in [-0.2, 0) is 9.53 Å². The summed E-state index contributed by atoms with van der Waals surface area (Å²) in [6.07, 6.45) is -0.555. The van der Waals surface area contributed by atoms with Gasteiger partial charge in [0.15, 0.2) is 0 Å². The van der Waals surface area contributed by atoms with E-state index >= 15 is 0 Å². The zero-order valence-electron chi connectivity index (χ0n) is 8.04. The molecule has 0 unspecified atom stereocenters. The molecule has 2 heterocycles. The Balaban J connectivity index is 1.87. The van der Waals surface area contributed by atoms with E-state index in [1.165, 1.54) is 0 Å². The highest BCUT2D eigenvalue weighted by Crippen LogP contribution is 2.13. The highest BCUT2D eigenvalue weighted by atomic mass is 19.1. The highest BCUT2D eigenvalue weighted by molar-refractivity contribution is 5.82. The molecule has 2 aliphatic heterocycles. The Morgan fingerprint density at radius 2 is 2.14 bits per heavy atom. The van der Waals surface area contributed by atoms with E-state index < -0.39 is 6.17 Å². The summed E-state index contributed by atoms with van der Waals surface area (Å²) in [5, 5.41) is 2.90. The maximum Gasteiger partial charge on any atom is 0.239 e. The monoisotopic (exact) mass is 202 g/mol. The number of amides is 1. The number of nitrogens with one attached hydrogen (secondary N) is 1. The predicted octanol–water partition coefficient (Wildman–Crippen LogP) is -0.455. The fraction of sp³-hybridized carbons (Fsp3) is 0.889. The number of hydrogen-bond acceptors (Lipinski definition) is 3. The average Bonchev–Trinajstić information content (AvgIpc) is 2.65. The number of nitrogens with zero attached hydrogens (tertiary/aromatic N) is 1. The summed E-state index contributed by atoms with van der Waals surface area (Å²) in [6, 6.07) is -0.317. The van der Waals surface area contributed by atoms with Crippen molar-refractivity contribution in [2.45, 2.75) is 18.6 Å². The van der Waals surface area contributed by atoms with Gasteiger partial charge in [0.2, 0.25) is 5.91 Å². The van der Waals surface area contributed by atoms with Crippen LogP contribution in [0.1, 0.15) is 6.42 Å². The number of ether oxygens (including phenoxy) is 1. The van der Waals surface area contributed by atoms with E-state index in [1.807, 2.05) is 0 Å². The van der Waals surface area contributed by atoms with Crippen LogP contribution in [0.3, 0.4) is 0 Å². The first kappa shape index (κ1) is 9.86. The van der Waals surface area contributed by atoms with Crippen LogP contribution >= 0.6 is 0 Å². The van der Waals surface area contributed by atoms with Crippen molar-refractivity contribution in [1.29, 1.82) is 0 Å². The van der Waals surface area contributed by atoms with Crippen LogP contribution in [-0.4, -0.2) is 55.9 Å². The molecule has 0 saturated carbocycles. The van der Waals surface area contributed by atoms with Crippen molar-refractivity contribution in [2.24, 2.45) is 0 Å². The largest absolute Gasteiger partial charge is 0.378 e. The minimum Gasteiger partial charge on any atom is -0.378 e. The van der Waals surface area contributed by atoms with E-state index in [0.29, 0.717) is 39.3 Å². The highest BCUT2D eigenvalue weighted by Gasteiger charge is 2.32. The van der Waals surface area contributed by atoms with Crippen molar-refractivity contribution in [3.8, 4) is 0 Å². The van der Waals surface area contributed by atoms with Gasteiger partial charge in [-0.05, 0) is 0 Å². The maximum absolute atomic E-state index is 12.8. The van der Waals surface area contributed by atoms with Gasteiger partial charge >= 0.3 is 0 Å². The third kappa shape index (κ3) is 2.04. The summed E-state index contributed by atoms with van der Waals surface area (Å²) < 4.78 is 18.0. The summed E-state index contributed by atoms with van der Waals surface area (Å²) in [4.78, 5) is 13.5. The predicted molar refractivity (Wildman–Crippen MR) is 48.7 cm³/mol. The van der Waals surface area contributed by atoms with Crippen LogP contribution < -0.4 is 5.32 Å². The van der Waals surface area contributed by atoms with Crippen LogP contribution in [0.5, 0.6) is 0 Å². The van der Waals surface area contributed by atoms with Crippen molar-refractivity contribution < 1.29 is 13.9 Å². The van der Waals surface area contributed by atoms with Gasteiger partial charge in [0, 0.05) is 26.1 Å². The van der Waals surface area contributed by atoms with Gasteiger partial charge in [0.25, 0.3) is 0 Å². The molecule has 80 valence electrons. The molecule has 14 heavy (non-hydrogen) atoms. The van der Waals surface area contributed by atoms with Gasteiger partial charge < -0.3 is 15.0 Å². The first-order valence-electron chi connectivity index (χ1n) is 5.01. The Kier molecular flexibility index (Phi) is 2.98. The lowest BCUT2D eigenvalue weighted by atomic mass is 10.2. The van der Waals surface area contributed by atoms with E-state index in [2.05, 4.69) is 5.32 Å². The number of hydrogen-bond donors (Lipinski definition) is 1. The quantitative estimate of drug-likeness (QED) is 0.626. The molecule has 4 nitrogen and oxygen atoms in total. The van der Waals surface area contributed by atoms with Crippen molar-refractivity contribution in [3.63, 3.8) is 0 Å². The van der Waals surface area contributed by atoms with Crippen molar-refractivity contribution in [3.05, 3.63) is 0 Å². The van der Waals surface area contributed by atoms with Crippen molar-refractivity contribution in [1.82, 2.24) is 10.2 Å². The fourth-order valence-electron chi connectivity index (χ4n) is 1.88. The molecule has 0 spiro atoms. The van der Waals surface area contributed by atoms with Gasteiger partial charge in [0.1, 0.15) is 6.17 Å². The Morgan fingerprint density at radius 3 is 2.71 bits per heavy atom. The summed E-state index contributed by atoms with van der Waals surface area (Å²) in [5.41, 5.74) is 0. The zero-order valence-corrected chi connectivity index (χ0v) is 8.04. The Hall–Kier alpha value is -0.680. The molecule has 0 aliphatic carbocycles. The minimum absolute atomic E-state index is 0.0217. The summed E-state index contributed by atoms with van der Waals surface area (Å²) in [5.74, 6) is 0.0217. The number of morpholine rings is 1. The van der Waals surface area contributed by atoms with Gasteiger partial charge in [0.05, 0.1) is 19.3 Å². The molecule has 2 aliphatic rings. The van der Waals surface area contributed by atoms with E-state index in [9.17, 15) is 9.18 Å². The van der Waals surface area contributed by atoms with Crippen LogP contribution in [0.4, 0.5) is 4.39 Å². The first-order valence-corrected chi connectivity index (χ1v) is 5.01. The third-order valence-corrected chi connectivity index (χ3v) is 2.70. The van der Waals surface area contributed by atoms with Gasteiger partial charge in [-0.3, -0.25) is 4.79 Å². The SMILES string of the molecule is O=C([C@@H]1C[C@@H](F)CN1)N1CCOCC1. The Labute approximate surface area is 82.4 Å². The second-order valence-corrected chi connectivity index (χ2v) is 3.73. The maximum atomic E-state index is 12.8. The van der Waals surface area contributed by atoms with Crippen molar-refractivity contribution >= 4 is 5.91 Å². The lowest BCUT2D eigenvalue weighted by Crippen LogP contribution is -2.48. The molecule has 0 bridgehead atoms. The van der Waals surface area contributed by atoms with E-state index in [0.717, 1.165) is 0 Å². The van der Waals surface area contributed by atoms with Crippen LogP contribution in [0, 0.1) is 0 Å². The third-order valence-electron chi connectivity index (χ3n) is 2.70. The van der Waals surface area contributed by atoms with Gasteiger partial charge in [-0.2, -0.15) is 0 Å². The molecular formula is C9H15FN2O2. The topological polar surface area (TPSA) is 41.6 Å². The van der Waals surface area contributed by atoms with Crippen molar-refractivity contribution in [2.75, 3.05) is 32.8 Å². The second kappa shape index (κ2) is 4.23. The Bertz CT molecular complexity index is 212. The molecule has 5 heteroatoms. The minimum atomic E-state index is -0.870. The summed E-state index contributed by atoms with van der Waals surface area (Å²) >= 11 is 0. The van der Waals surface area contributed by atoms with Gasteiger partial charge in [-0.15, -0.1) is 0 Å². The molecule has 1 amide bonds. The number of carbonyl (C=O) groups is 1. The molecule has 2 atom stereocenters. The lowest BCUT2D eigenvalue weighted by Gasteiger charge is -2.29. The molecule has 2 rings (SSSR count). The van der Waals surface area contributed by atoms with Crippen LogP contribution in [0.2, 0.25) is 0 Å². The molecule has 2 fully saturated rings. The van der Waals surface area contributed by atoms with E-state index in [-0.39, 0.29) is 11.9 Å². The standard InChI is InChI=1S/C9H15FN2O2/c10-7-5-8(11-6-7)9(13)12-1-3-14-4-2-12/h7-8,11H,1-6H2/t7-,8+/m1/s1. The Morgan fingerprint density at radius 1 is 1.43 bits per heavy atom. The van der Waals surface area contributed by atoms with Crippen LogP contribution in [0.25, 0.3) is 0 Å². The number of alkyl halides is 1. The lowest BCUT2D eigenvalue weighted by molar-refractivity contribution is -0.137. The molecule has 0 radical (unpaired) electrons. The zero-order chi connectivity index (χ0) is 9.97. The molecule has 0 aromatic rings. The molecule has 2 saturated heterocycles. The molecule has 0 aromatic carbocycles. The van der Waals surface area contributed by atoms with Gasteiger partial charge in [-0.1, -0.05) is 0 Å². The van der Waals surface area contributed by atoms with Gasteiger partial charge in [-0.25, -0.2) is 4.39 Å².